The molecule has 0 spiro atoms. The lowest BCUT2D eigenvalue weighted by molar-refractivity contribution is -0.113. The summed E-state index contributed by atoms with van der Waals surface area (Å²) in [6.07, 6.45) is 0. The highest BCUT2D eigenvalue weighted by Crippen LogP contribution is 2.23. The third kappa shape index (κ3) is 5.97. The van der Waals surface area contributed by atoms with E-state index in [0.29, 0.717) is 22.9 Å². The summed E-state index contributed by atoms with van der Waals surface area (Å²) in [6, 6.07) is 22.9. The number of carbonyl (C=O) groups excluding carboxylic acids is 2. The van der Waals surface area contributed by atoms with Gasteiger partial charge in [0.25, 0.3) is 5.91 Å². The number of thioether (sulfide) groups is 1. The number of hydrogen-bond acceptors (Lipinski definition) is 3. The number of rotatable bonds is 7. The molecule has 0 unspecified atom stereocenters. The molecule has 0 aliphatic rings. The predicted octanol–water partition coefficient (Wildman–Crippen LogP) is 6.10. The van der Waals surface area contributed by atoms with Crippen molar-refractivity contribution in [3.63, 3.8) is 0 Å². The number of hydrogen-bond donors (Lipinski definition) is 2. The van der Waals surface area contributed by atoms with Crippen LogP contribution in [0.3, 0.4) is 0 Å². The molecule has 0 saturated carbocycles. The number of nitrogens with one attached hydrogen (secondary N) is 2. The van der Waals surface area contributed by atoms with Crippen LogP contribution < -0.4 is 10.6 Å². The second-order valence-corrected chi connectivity index (χ2v) is 8.46. The van der Waals surface area contributed by atoms with E-state index in [-0.39, 0.29) is 11.8 Å². The Hall–Kier alpha value is -3.05. The first-order valence-electron chi connectivity index (χ1n) is 9.92. The van der Waals surface area contributed by atoms with Gasteiger partial charge in [0, 0.05) is 21.8 Å². The zero-order chi connectivity index (χ0) is 21.5. The maximum Gasteiger partial charge on any atom is 0.255 e. The quantitative estimate of drug-likeness (QED) is 0.456. The van der Waals surface area contributed by atoms with Crippen molar-refractivity contribution in [3.8, 4) is 0 Å². The minimum Gasteiger partial charge on any atom is -0.325 e. The van der Waals surface area contributed by atoms with Crippen molar-refractivity contribution < 1.29 is 9.59 Å². The Kier molecular flexibility index (Phi) is 7.31. The van der Waals surface area contributed by atoms with Crippen molar-refractivity contribution in [3.05, 3.63) is 89.5 Å². The minimum absolute atomic E-state index is 0.0633. The fraction of sp³-hybridized carbons (Fsp3) is 0.200. The van der Waals surface area contributed by atoms with E-state index in [4.69, 9.17) is 0 Å². The summed E-state index contributed by atoms with van der Waals surface area (Å²) < 4.78 is 0. The molecule has 3 aromatic carbocycles. The first kappa shape index (κ1) is 21.7. The van der Waals surface area contributed by atoms with Crippen molar-refractivity contribution in [2.24, 2.45) is 0 Å². The topological polar surface area (TPSA) is 58.2 Å². The third-order valence-corrected chi connectivity index (χ3v) is 5.71. The average Bonchev–Trinajstić information content (AvgIpc) is 2.73. The van der Waals surface area contributed by atoms with Crippen LogP contribution in [0.15, 0.2) is 77.7 Å². The van der Waals surface area contributed by atoms with Crippen molar-refractivity contribution >= 4 is 35.0 Å². The molecule has 0 heterocycles. The zero-order valence-electron chi connectivity index (χ0n) is 17.4. The van der Waals surface area contributed by atoms with Crippen LogP contribution in [0, 0.1) is 6.92 Å². The summed E-state index contributed by atoms with van der Waals surface area (Å²) in [7, 11) is 0. The van der Waals surface area contributed by atoms with E-state index in [9.17, 15) is 9.59 Å². The smallest absolute Gasteiger partial charge is 0.255 e. The molecule has 0 bridgehead atoms. The molecule has 0 aromatic heterocycles. The van der Waals surface area contributed by atoms with Gasteiger partial charge in [-0.1, -0.05) is 50.2 Å². The summed E-state index contributed by atoms with van der Waals surface area (Å²) in [4.78, 5) is 25.7. The number of anilines is 2. The Labute approximate surface area is 182 Å². The van der Waals surface area contributed by atoms with Gasteiger partial charge in [0.05, 0.1) is 5.75 Å². The van der Waals surface area contributed by atoms with E-state index in [1.54, 1.807) is 6.07 Å². The zero-order valence-corrected chi connectivity index (χ0v) is 18.3. The predicted molar refractivity (Wildman–Crippen MR) is 125 cm³/mol. The Morgan fingerprint density at radius 2 is 1.60 bits per heavy atom. The molecule has 3 rings (SSSR count). The summed E-state index contributed by atoms with van der Waals surface area (Å²) in [5, 5.41) is 5.85. The van der Waals surface area contributed by atoms with Gasteiger partial charge in [-0.05, 0) is 60.4 Å². The van der Waals surface area contributed by atoms with Crippen LogP contribution in [-0.4, -0.2) is 17.6 Å². The summed E-state index contributed by atoms with van der Waals surface area (Å²) in [6.45, 7) is 6.19. The average molecular weight is 419 g/mol. The molecule has 3 aromatic rings. The summed E-state index contributed by atoms with van der Waals surface area (Å²) in [5.41, 5.74) is 4.33. The highest BCUT2D eigenvalue weighted by Gasteiger charge is 2.10. The molecular weight excluding hydrogens is 392 g/mol. The lowest BCUT2D eigenvalue weighted by atomic mass is 10.0. The maximum absolute atomic E-state index is 12.5. The largest absolute Gasteiger partial charge is 0.325 e. The molecule has 2 amide bonds. The van der Waals surface area contributed by atoms with Crippen LogP contribution in [0.2, 0.25) is 0 Å². The van der Waals surface area contributed by atoms with Crippen LogP contribution in [0.25, 0.3) is 0 Å². The lowest BCUT2D eigenvalue weighted by Gasteiger charge is -2.10. The van der Waals surface area contributed by atoms with Crippen LogP contribution in [-0.2, 0) is 4.79 Å². The molecule has 30 heavy (non-hydrogen) atoms. The van der Waals surface area contributed by atoms with E-state index < -0.39 is 0 Å². The second-order valence-electron chi connectivity index (χ2n) is 7.41. The van der Waals surface area contributed by atoms with Crippen LogP contribution in [0.4, 0.5) is 11.4 Å². The van der Waals surface area contributed by atoms with Gasteiger partial charge >= 0.3 is 0 Å². The van der Waals surface area contributed by atoms with E-state index in [1.165, 1.54) is 17.3 Å². The fourth-order valence-electron chi connectivity index (χ4n) is 2.99. The van der Waals surface area contributed by atoms with Crippen LogP contribution in [0.1, 0.15) is 41.3 Å². The number of carbonyl (C=O) groups is 2. The van der Waals surface area contributed by atoms with Gasteiger partial charge in [-0.25, -0.2) is 0 Å². The summed E-state index contributed by atoms with van der Waals surface area (Å²) in [5.74, 6) is 0.551. The van der Waals surface area contributed by atoms with Crippen molar-refractivity contribution in [1.82, 2.24) is 0 Å². The van der Waals surface area contributed by atoms with Crippen LogP contribution in [0.5, 0.6) is 0 Å². The maximum atomic E-state index is 12.5. The molecule has 4 nitrogen and oxygen atoms in total. The van der Waals surface area contributed by atoms with Gasteiger partial charge < -0.3 is 10.6 Å². The highest BCUT2D eigenvalue weighted by molar-refractivity contribution is 8.00. The van der Waals surface area contributed by atoms with E-state index in [1.807, 2.05) is 73.7 Å². The van der Waals surface area contributed by atoms with Gasteiger partial charge in [0.15, 0.2) is 0 Å². The van der Waals surface area contributed by atoms with Gasteiger partial charge in [-0.15, -0.1) is 11.8 Å². The minimum atomic E-state index is -0.141. The normalized spacial score (nSPS) is 10.7. The first-order chi connectivity index (χ1) is 14.4. The number of benzene rings is 3. The Balaban J connectivity index is 1.55. The van der Waals surface area contributed by atoms with Crippen molar-refractivity contribution in [2.75, 3.05) is 16.4 Å². The Morgan fingerprint density at radius 3 is 2.30 bits per heavy atom. The first-order valence-corrected chi connectivity index (χ1v) is 10.9. The molecule has 0 atom stereocenters. The third-order valence-electron chi connectivity index (χ3n) is 4.71. The van der Waals surface area contributed by atoms with Crippen LogP contribution >= 0.6 is 11.8 Å². The van der Waals surface area contributed by atoms with E-state index in [2.05, 4.69) is 24.5 Å². The SMILES string of the molecule is Cc1ccccc1C(=O)Nc1cccc(SCC(=O)Nc2ccc(C(C)C)cc2)c1. The van der Waals surface area contributed by atoms with Gasteiger partial charge in [0.1, 0.15) is 0 Å². The lowest BCUT2D eigenvalue weighted by Crippen LogP contribution is -2.14. The molecule has 0 aliphatic heterocycles. The second kappa shape index (κ2) is 10.1. The molecule has 0 saturated heterocycles. The molecule has 2 N–H and O–H groups in total. The van der Waals surface area contributed by atoms with Crippen molar-refractivity contribution in [2.45, 2.75) is 31.6 Å². The number of amides is 2. The summed E-state index contributed by atoms with van der Waals surface area (Å²) >= 11 is 1.43. The molecule has 0 radical (unpaired) electrons. The number of aryl methyl sites for hydroxylation is 1. The standard InChI is InChI=1S/C25H26N2O2S/c1-17(2)19-11-13-20(14-12-19)26-24(28)16-30-22-9-6-8-21(15-22)27-25(29)23-10-5-4-7-18(23)3/h4-15,17H,16H2,1-3H3,(H,26,28)(H,27,29). The monoisotopic (exact) mass is 418 g/mol. The van der Waals surface area contributed by atoms with Gasteiger partial charge in [-0.3, -0.25) is 9.59 Å². The van der Waals surface area contributed by atoms with E-state index in [0.717, 1.165) is 16.1 Å². The Morgan fingerprint density at radius 1 is 0.867 bits per heavy atom. The molecule has 0 aliphatic carbocycles. The fourth-order valence-corrected chi connectivity index (χ4v) is 3.74. The highest BCUT2D eigenvalue weighted by atomic mass is 32.2. The van der Waals surface area contributed by atoms with Gasteiger partial charge in [-0.2, -0.15) is 0 Å². The van der Waals surface area contributed by atoms with E-state index >= 15 is 0 Å². The molecule has 0 fully saturated rings. The molecular formula is C25H26N2O2S. The molecule has 154 valence electrons. The Bertz CT molecular complexity index is 1030. The molecule has 5 heteroatoms. The van der Waals surface area contributed by atoms with Gasteiger partial charge in [0.2, 0.25) is 5.91 Å². The van der Waals surface area contributed by atoms with Crippen molar-refractivity contribution in [1.29, 1.82) is 0 Å².